The van der Waals surface area contributed by atoms with Gasteiger partial charge in [0.25, 0.3) is 0 Å². The van der Waals surface area contributed by atoms with Crippen LogP contribution in [0.5, 0.6) is 0 Å². The fourth-order valence-electron chi connectivity index (χ4n) is 3.07. The highest BCUT2D eigenvalue weighted by Gasteiger charge is 2.26. The van der Waals surface area contributed by atoms with Crippen LogP contribution in [-0.4, -0.2) is 32.0 Å². The third kappa shape index (κ3) is 4.33. The van der Waals surface area contributed by atoms with Gasteiger partial charge in [-0.2, -0.15) is 0 Å². The smallest absolute Gasteiger partial charge is 0.348 e. The number of benzene rings is 2. The molecule has 0 spiro atoms. The molecular weight excluding hydrogens is 382 g/mol. The monoisotopic (exact) mass is 405 g/mol. The number of ether oxygens (including phenoxy) is 1. The molecule has 0 bridgehead atoms. The van der Waals surface area contributed by atoms with Crippen LogP contribution in [-0.2, 0) is 4.74 Å². The van der Waals surface area contributed by atoms with Crippen molar-refractivity contribution in [3.05, 3.63) is 81.7 Å². The second kappa shape index (κ2) is 9.22. The van der Waals surface area contributed by atoms with Crippen LogP contribution in [0.1, 0.15) is 40.1 Å². The topological polar surface area (TPSA) is 76.8 Å². The van der Waals surface area contributed by atoms with E-state index in [-0.39, 0.29) is 23.3 Å². The zero-order chi connectivity index (χ0) is 21.7. The first kappa shape index (κ1) is 21.0. The van der Waals surface area contributed by atoms with Crippen molar-refractivity contribution in [3.63, 3.8) is 0 Å². The van der Waals surface area contributed by atoms with Gasteiger partial charge in [-0.15, -0.1) is 0 Å². The highest BCUT2D eigenvalue weighted by molar-refractivity contribution is 6.17. The minimum atomic E-state index is -0.871. The van der Waals surface area contributed by atoms with Gasteiger partial charge in [0.1, 0.15) is 11.1 Å². The molecular formula is C24H23NO5. The fraction of sp³-hybridized carbons (Fsp3) is 0.208. The summed E-state index contributed by atoms with van der Waals surface area (Å²) in [6, 6.07) is 14.3. The van der Waals surface area contributed by atoms with Crippen LogP contribution >= 0.6 is 0 Å². The minimum Gasteiger partial charge on any atom is -0.462 e. The Morgan fingerprint density at radius 1 is 1.07 bits per heavy atom. The van der Waals surface area contributed by atoms with E-state index in [9.17, 15) is 14.4 Å². The fourth-order valence-corrected chi connectivity index (χ4v) is 3.07. The van der Waals surface area contributed by atoms with Crippen molar-refractivity contribution in [1.82, 2.24) is 0 Å². The number of rotatable bonds is 7. The molecule has 0 atom stereocenters. The second-order valence-corrected chi connectivity index (χ2v) is 6.66. The van der Waals surface area contributed by atoms with Crippen molar-refractivity contribution in [2.24, 2.45) is 0 Å². The lowest BCUT2D eigenvalue weighted by molar-refractivity contribution is 0.0525. The average Bonchev–Trinajstić information content (AvgIpc) is 2.76. The number of ketones is 1. The molecule has 0 fully saturated rings. The SMILES string of the molecule is CCOC(=O)c1c(C(=O)/C=C/c2ccccc2)c(=O)oc2cc(N(C)CC)ccc12. The number of nitrogens with zero attached hydrogens (tertiary/aromatic N) is 1. The third-order valence-corrected chi connectivity index (χ3v) is 4.76. The van der Waals surface area contributed by atoms with Crippen LogP contribution in [0.15, 0.2) is 63.8 Å². The summed E-state index contributed by atoms with van der Waals surface area (Å²) in [4.78, 5) is 40.3. The molecule has 154 valence electrons. The van der Waals surface area contributed by atoms with Gasteiger partial charge in [-0.25, -0.2) is 9.59 Å². The molecule has 0 aliphatic carbocycles. The Hall–Kier alpha value is -3.67. The highest BCUT2D eigenvalue weighted by atomic mass is 16.5. The molecule has 3 rings (SSSR count). The first-order chi connectivity index (χ1) is 14.5. The van der Waals surface area contributed by atoms with Crippen LogP contribution in [0.25, 0.3) is 17.0 Å². The molecule has 0 saturated carbocycles. The van der Waals surface area contributed by atoms with Gasteiger partial charge >= 0.3 is 11.6 Å². The van der Waals surface area contributed by atoms with Gasteiger partial charge < -0.3 is 14.1 Å². The third-order valence-electron chi connectivity index (χ3n) is 4.76. The van der Waals surface area contributed by atoms with Gasteiger partial charge in [0, 0.05) is 30.7 Å². The number of carbonyl (C=O) groups excluding carboxylic acids is 2. The molecule has 2 aromatic carbocycles. The van der Waals surface area contributed by atoms with E-state index in [2.05, 4.69) is 0 Å². The quantitative estimate of drug-likeness (QED) is 0.252. The molecule has 0 amide bonds. The Bertz CT molecular complexity index is 1160. The molecule has 3 aromatic rings. The van der Waals surface area contributed by atoms with Gasteiger partial charge in [-0.1, -0.05) is 36.4 Å². The van der Waals surface area contributed by atoms with Crippen molar-refractivity contribution in [1.29, 1.82) is 0 Å². The predicted molar refractivity (Wildman–Crippen MR) is 117 cm³/mol. The van der Waals surface area contributed by atoms with E-state index in [0.717, 1.165) is 17.8 Å². The number of anilines is 1. The van der Waals surface area contributed by atoms with Crippen LogP contribution in [0, 0.1) is 0 Å². The zero-order valence-corrected chi connectivity index (χ0v) is 17.2. The summed E-state index contributed by atoms with van der Waals surface area (Å²) in [6.45, 7) is 4.52. The van der Waals surface area contributed by atoms with Gasteiger partial charge in [0.15, 0.2) is 5.78 Å². The van der Waals surface area contributed by atoms with E-state index in [0.29, 0.717) is 5.39 Å². The second-order valence-electron chi connectivity index (χ2n) is 6.66. The molecule has 6 nitrogen and oxygen atoms in total. The van der Waals surface area contributed by atoms with Crippen molar-refractivity contribution in [3.8, 4) is 0 Å². The maximum absolute atomic E-state index is 12.9. The molecule has 0 aliphatic heterocycles. The molecule has 0 unspecified atom stereocenters. The van der Waals surface area contributed by atoms with Crippen molar-refractivity contribution >= 4 is 34.5 Å². The summed E-state index contributed by atoms with van der Waals surface area (Å²) in [7, 11) is 1.90. The van der Waals surface area contributed by atoms with Gasteiger partial charge in [-0.05, 0) is 37.6 Å². The Labute approximate surface area is 174 Å². The molecule has 0 N–H and O–H groups in total. The van der Waals surface area contributed by atoms with Crippen molar-refractivity contribution in [2.75, 3.05) is 25.1 Å². The predicted octanol–water partition coefficient (Wildman–Crippen LogP) is 4.32. The number of hydrogen-bond acceptors (Lipinski definition) is 6. The summed E-state index contributed by atoms with van der Waals surface area (Å²) in [5, 5.41) is 0.359. The number of hydrogen-bond donors (Lipinski definition) is 0. The molecule has 6 heteroatoms. The molecule has 0 saturated heterocycles. The summed E-state index contributed by atoms with van der Waals surface area (Å²) < 4.78 is 10.6. The normalized spacial score (nSPS) is 11.0. The zero-order valence-electron chi connectivity index (χ0n) is 17.2. The lowest BCUT2D eigenvalue weighted by Crippen LogP contribution is -2.21. The number of carbonyl (C=O) groups is 2. The molecule has 0 radical (unpaired) electrons. The van der Waals surface area contributed by atoms with Gasteiger partial charge in [0.05, 0.1) is 12.2 Å². The van der Waals surface area contributed by atoms with E-state index >= 15 is 0 Å². The Morgan fingerprint density at radius 2 is 1.80 bits per heavy atom. The van der Waals surface area contributed by atoms with Gasteiger partial charge in [0.2, 0.25) is 0 Å². The van der Waals surface area contributed by atoms with E-state index in [1.54, 1.807) is 25.1 Å². The van der Waals surface area contributed by atoms with Crippen LogP contribution < -0.4 is 10.5 Å². The van der Waals surface area contributed by atoms with Crippen molar-refractivity contribution < 1.29 is 18.7 Å². The summed E-state index contributed by atoms with van der Waals surface area (Å²) in [5.41, 5.74) is 0.571. The van der Waals surface area contributed by atoms with Gasteiger partial charge in [-0.3, -0.25) is 4.79 Å². The first-order valence-electron chi connectivity index (χ1n) is 9.72. The Morgan fingerprint density at radius 3 is 2.47 bits per heavy atom. The Balaban J connectivity index is 2.17. The average molecular weight is 405 g/mol. The lowest BCUT2D eigenvalue weighted by Gasteiger charge is -2.17. The van der Waals surface area contributed by atoms with Crippen LogP contribution in [0.4, 0.5) is 5.69 Å². The number of esters is 1. The van der Waals surface area contributed by atoms with Crippen molar-refractivity contribution in [2.45, 2.75) is 13.8 Å². The summed E-state index contributed by atoms with van der Waals surface area (Å²) in [5.74, 6) is -1.35. The number of fused-ring (bicyclic) bond motifs is 1. The summed E-state index contributed by atoms with van der Waals surface area (Å²) >= 11 is 0. The standard InChI is InChI=1S/C24H23NO5/c1-4-25(3)17-12-13-18-20(15-17)30-24(28)22(21(18)23(27)29-5-2)19(26)14-11-16-9-7-6-8-10-16/h6-15H,4-5H2,1-3H3/b14-11+. The molecule has 1 heterocycles. The minimum absolute atomic E-state index is 0.0727. The van der Waals surface area contributed by atoms with E-state index in [4.69, 9.17) is 9.15 Å². The van der Waals surface area contributed by atoms with E-state index < -0.39 is 17.4 Å². The van der Waals surface area contributed by atoms with Crippen LogP contribution in [0.2, 0.25) is 0 Å². The van der Waals surface area contributed by atoms with E-state index in [1.165, 1.54) is 6.08 Å². The first-order valence-corrected chi connectivity index (χ1v) is 9.72. The number of allylic oxidation sites excluding steroid dienone is 1. The van der Waals surface area contributed by atoms with Crippen LogP contribution in [0.3, 0.4) is 0 Å². The maximum atomic E-state index is 12.9. The summed E-state index contributed by atoms with van der Waals surface area (Å²) in [6.07, 6.45) is 2.84. The molecule has 0 aliphatic rings. The molecule has 30 heavy (non-hydrogen) atoms. The lowest BCUT2D eigenvalue weighted by atomic mass is 10.00. The van der Waals surface area contributed by atoms with E-state index in [1.807, 2.05) is 55.3 Å². The molecule has 1 aromatic heterocycles. The maximum Gasteiger partial charge on any atom is 0.348 e. The Kier molecular flexibility index (Phi) is 6.47. The highest BCUT2D eigenvalue weighted by Crippen LogP contribution is 2.26. The largest absolute Gasteiger partial charge is 0.462 e.